The Bertz CT molecular complexity index is 755. The number of fused-ring (bicyclic) bond motifs is 1. The molecule has 1 aromatic heterocycles. The van der Waals surface area contributed by atoms with Crippen LogP contribution in [0.5, 0.6) is 5.75 Å². The van der Waals surface area contributed by atoms with E-state index in [1.54, 1.807) is 7.11 Å². The van der Waals surface area contributed by atoms with Crippen LogP contribution in [0.1, 0.15) is 23.7 Å². The fourth-order valence-corrected chi connectivity index (χ4v) is 3.41. The molecule has 2 aliphatic rings. The second kappa shape index (κ2) is 5.45. The minimum atomic E-state index is -0.626. The summed E-state index contributed by atoms with van der Waals surface area (Å²) in [5, 5.41) is 3.36. The van der Waals surface area contributed by atoms with Crippen molar-refractivity contribution >= 4 is 17.6 Å². The lowest BCUT2D eigenvalue weighted by molar-refractivity contribution is 0.217. The van der Waals surface area contributed by atoms with Crippen molar-refractivity contribution in [2.24, 2.45) is 10.7 Å². The van der Waals surface area contributed by atoms with Crippen LogP contribution in [0.15, 0.2) is 34.2 Å². The third-order valence-corrected chi connectivity index (χ3v) is 4.67. The molecule has 6 nitrogen and oxygen atoms in total. The molecule has 0 bridgehead atoms. The molecule has 0 aromatic carbocycles. The molecule has 3 rings (SSSR count). The van der Waals surface area contributed by atoms with E-state index in [2.05, 4.69) is 20.2 Å². The number of aromatic nitrogens is 1. The van der Waals surface area contributed by atoms with Crippen molar-refractivity contribution in [3.05, 3.63) is 46.0 Å². The summed E-state index contributed by atoms with van der Waals surface area (Å²) < 4.78 is 5.48. The van der Waals surface area contributed by atoms with Crippen molar-refractivity contribution in [2.75, 3.05) is 7.11 Å². The van der Waals surface area contributed by atoms with Gasteiger partial charge in [0.25, 0.3) is 0 Å². The number of pyridine rings is 1. The number of ether oxygens (including phenoxy) is 1. The van der Waals surface area contributed by atoms with Crippen LogP contribution in [0, 0.1) is 13.8 Å². The number of aryl methyl sites for hydroxylation is 1. The van der Waals surface area contributed by atoms with Crippen LogP contribution in [0.3, 0.4) is 0 Å². The number of methoxy groups -OCH3 is 1. The largest absolute Gasteiger partial charge is 0.496 e. The molecule has 122 valence electrons. The number of hydrogen-bond acceptors (Lipinski definition) is 6. The van der Waals surface area contributed by atoms with Crippen molar-refractivity contribution in [1.82, 2.24) is 15.2 Å². The van der Waals surface area contributed by atoms with Gasteiger partial charge in [0.05, 0.1) is 19.3 Å². The number of hydrogen-bond donors (Lipinski definition) is 2. The van der Waals surface area contributed by atoms with Gasteiger partial charge in [0.15, 0.2) is 11.6 Å². The van der Waals surface area contributed by atoms with Gasteiger partial charge in [-0.15, -0.1) is 0 Å². The third kappa shape index (κ3) is 2.43. The van der Waals surface area contributed by atoms with Crippen LogP contribution < -0.4 is 15.8 Å². The molecule has 0 amide bonds. The van der Waals surface area contributed by atoms with Crippen molar-refractivity contribution < 1.29 is 4.74 Å². The zero-order valence-electron chi connectivity index (χ0n) is 13.6. The number of nitrogens with one attached hydrogen (secondary N) is 1. The van der Waals surface area contributed by atoms with Gasteiger partial charge in [-0.1, -0.05) is 11.6 Å². The van der Waals surface area contributed by atoms with E-state index in [1.165, 1.54) is 0 Å². The number of rotatable bonds is 3. The maximum atomic E-state index is 6.26. The molecule has 1 unspecified atom stereocenters. The van der Waals surface area contributed by atoms with Gasteiger partial charge in [-0.05, 0) is 26.8 Å². The first-order chi connectivity index (χ1) is 10.9. The summed E-state index contributed by atoms with van der Waals surface area (Å²) in [5.41, 5.74) is 9.09. The van der Waals surface area contributed by atoms with Crippen LogP contribution in [0.2, 0.25) is 0 Å². The molecule has 1 aromatic rings. The second-order valence-electron chi connectivity index (χ2n) is 5.86. The first-order valence-corrected chi connectivity index (χ1v) is 7.71. The summed E-state index contributed by atoms with van der Waals surface area (Å²) in [6.07, 6.45) is 5.74. The first kappa shape index (κ1) is 15.7. The summed E-state index contributed by atoms with van der Waals surface area (Å²) in [5.74, 6) is 1.17. The van der Waals surface area contributed by atoms with Gasteiger partial charge in [0.1, 0.15) is 10.9 Å². The molecule has 3 N–H and O–H groups in total. The molecule has 23 heavy (non-hydrogen) atoms. The summed E-state index contributed by atoms with van der Waals surface area (Å²) in [7, 11) is 1.68. The molecule has 7 heteroatoms. The van der Waals surface area contributed by atoms with E-state index in [4.69, 9.17) is 22.1 Å². The molecule has 0 radical (unpaired) electrons. The van der Waals surface area contributed by atoms with E-state index >= 15 is 0 Å². The minimum Gasteiger partial charge on any atom is -0.496 e. The molecule has 2 aliphatic heterocycles. The van der Waals surface area contributed by atoms with Crippen LogP contribution in [0.4, 0.5) is 0 Å². The van der Waals surface area contributed by atoms with Crippen molar-refractivity contribution in [2.45, 2.75) is 33.0 Å². The average molecular weight is 334 g/mol. The normalized spacial score (nSPS) is 22.8. The van der Waals surface area contributed by atoms with E-state index in [0.717, 1.165) is 28.1 Å². The molecular weight excluding hydrogens is 314 g/mol. The van der Waals surface area contributed by atoms with Crippen molar-refractivity contribution in [3.63, 3.8) is 0 Å². The van der Waals surface area contributed by atoms with Crippen LogP contribution in [0.25, 0.3) is 0 Å². The van der Waals surface area contributed by atoms with Gasteiger partial charge in [-0.25, -0.2) is 4.99 Å². The highest BCUT2D eigenvalue weighted by Crippen LogP contribution is 2.39. The number of nitrogens with zero attached hydrogens (tertiary/aromatic N) is 3. The average Bonchev–Trinajstić information content (AvgIpc) is 2.79. The lowest BCUT2D eigenvalue weighted by Crippen LogP contribution is -2.47. The molecular formula is C16H20ClN5O. The standard InChI is InChI=1S/C16H20ClN5O/c1-9-7-19-12(10(2)13(9)23-4)8-22-6-5-11-14(17)20-15(18)21-16(11,22)3/h5-7H,8H2,1-4H3,(H3,18,20,21). The Kier molecular flexibility index (Phi) is 3.72. The third-order valence-electron chi connectivity index (χ3n) is 4.37. The Labute approximate surface area is 140 Å². The number of aliphatic imine (C=N–C) groups is 1. The fourth-order valence-electron chi connectivity index (χ4n) is 3.07. The van der Waals surface area contributed by atoms with Gasteiger partial charge in [-0.3, -0.25) is 4.98 Å². The quantitative estimate of drug-likeness (QED) is 0.829. The predicted octanol–water partition coefficient (Wildman–Crippen LogP) is 2.12. The van der Waals surface area contributed by atoms with Gasteiger partial charge in [0.2, 0.25) is 0 Å². The highest BCUT2D eigenvalue weighted by molar-refractivity contribution is 6.31. The highest BCUT2D eigenvalue weighted by Gasteiger charge is 2.41. The summed E-state index contributed by atoms with van der Waals surface area (Å²) in [6, 6.07) is 0. The SMILES string of the molecule is COc1c(C)cnc(CN2C=CC3=C(Cl)NC(N)=NC32C)c1C. The molecule has 0 fully saturated rings. The lowest BCUT2D eigenvalue weighted by atomic mass is 10.0. The number of nitrogens with two attached hydrogens (primary N) is 1. The van der Waals surface area contributed by atoms with E-state index < -0.39 is 5.66 Å². The van der Waals surface area contributed by atoms with Gasteiger partial charge < -0.3 is 20.7 Å². The molecule has 0 saturated heterocycles. The molecule has 0 spiro atoms. The zero-order chi connectivity index (χ0) is 16.8. The summed E-state index contributed by atoms with van der Waals surface area (Å²) in [4.78, 5) is 11.2. The molecule has 0 aliphatic carbocycles. The number of guanidine groups is 1. The summed E-state index contributed by atoms with van der Waals surface area (Å²) in [6.45, 7) is 6.57. The Hall–Kier alpha value is -2.21. The monoisotopic (exact) mass is 333 g/mol. The van der Waals surface area contributed by atoms with Crippen LogP contribution >= 0.6 is 11.6 Å². The number of halogens is 1. The summed E-state index contributed by atoms with van der Waals surface area (Å²) >= 11 is 6.26. The van der Waals surface area contributed by atoms with Gasteiger partial charge in [0, 0.05) is 29.1 Å². The van der Waals surface area contributed by atoms with Gasteiger partial charge >= 0.3 is 0 Å². The van der Waals surface area contributed by atoms with Crippen molar-refractivity contribution in [3.8, 4) is 5.75 Å². The first-order valence-electron chi connectivity index (χ1n) is 7.33. The van der Waals surface area contributed by atoms with Crippen molar-refractivity contribution in [1.29, 1.82) is 0 Å². The minimum absolute atomic E-state index is 0.307. The highest BCUT2D eigenvalue weighted by atomic mass is 35.5. The van der Waals surface area contributed by atoms with Crippen LogP contribution in [-0.4, -0.2) is 28.6 Å². The van der Waals surface area contributed by atoms with E-state index in [9.17, 15) is 0 Å². The van der Waals surface area contributed by atoms with Gasteiger partial charge in [-0.2, -0.15) is 0 Å². The molecule has 3 heterocycles. The Morgan fingerprint density at radius 3 is 2.87 bits per heavy atom. The van der Waals surface area contributed by atoms with Crippen LogP contribution in [-0.2, 0) is 6.54 Å². The van der Waals surface area contributed by atoms with E-state index in [1.807, 2.05) is 39.2 Å². The Morgan fingerprint density at radius 2 is 2.17 bits per heavy atom. The second-order valence-corrected chi connectivity index (χ2v) is 6.24. The maximum Gasteiger partial charge on any atom is 0.196 e. The molecule has 0 saturated carbocycles. The lowest BCUT2D eigenvalue weighted by Gasteiger charge is -2.37. The zero-order valence-corrected chi connectivity index (χ0v) is 14.4. The van der Waals surface area contributed by atoms with E-state index in [-0.39, 0.29) is 0 Å². The smallest absolute Gasteiger partial charge is 0.196 e. The topological polar surface area (TPSA) is 75.8 Å². The maximum absolute atomic E-state index is 6.26. The predicted molar refractivity (Wildman–Crippen MR) is 91.0 cm³/mol. The molecule has 1 atom stereocenters. The Balaban J connectivity index is 1.96. The Morgan fingerprint density at radius 1 is 1.43 bits per heavy atom. The fraction of sp³-hybridized carbons (Fsp3) is 0.375. The van der Waals surface area contributed by atoms with E-state index in [0.29, 0.717) is 17.7 Å².